The zero-order chi connectivity index (χ0) is 23.5. The zero-order valence-electron chi connectivity index (χ0n) is 18.2. The molecule has 0 saturated carbocycles. The number of rotatable bonds is 6. The monoisotopic (exact) mass is 474 g/mol. The molecule has 2 heterocycles. The average Bonchev–Trinajstić information content (AvgIpc) is 2.81. The highest BCUT2D eigenvalue weighted by atomic mass is 35.5. The topological polar surface area (TPSA) is 96.8 Å². The second kappa shape index (κ2) is 9.76. The van der Waals surface area contributed by atoms with Crippen LogP contribution in [0.4, 0.5) is 15.9 Å². The third-order valence-corrected chi connectivity index (χ3v) is 5.74. The predicted molar refractivity (Wildman–Crippen MR) is 123 cm³/mol. The maximum Gasteiger partial charge on any atom is 0.251 e. The summed E-state index contributed by atoms with van der Waals surface area (Å²) in [6, 6.07) is 7.72. The van der Waals surface area contributed by atoms with Crippen LogP contribution in [0, 0.1) is 5.82 Å². The second-order valence-electron chi connectivity index (χ2n) is 7.81. The number of benzene rings is 2. The number of fused-ring (bicyclic) bond motifs is 1. The first kappa shape index (κ1) is 23.0. The first-order valence-electron chi connectivity index (χ1n) is 10.5. The molecule has 2 aromatic carbocycles. The van der Waals surface area contributed by atoms with E-state index in [2.05, 4.69) is 15.3 Å². The molecule has 1 aliphatic rings. The van der Waals surface area contributed by atoms with Crippen molar-refractivity contribution >= 4 is 39.9 Å². The van der Waals surface area contributed by atoms with Gasteiger partial charge in [0.2, 0.25) is 0 Å². The number of aliphatic hydroxyl groups is 1. The van der Waals surface area contributed by atoms with Crippen LogP contribution in [0.15, 0.2) is 36.7 Å². The number of nitrogens with zero attached hydrogens (tertiary/aromatic N) is 3. The van der Waals surface area contributed by atoms with Crippen LogP contribution in [0.3, 0.4) is 0 Å². The van der Waals surface area contributed by atoms with E-state index in [1.807, 2.05) is 0 Å². The molecular formula is C23H24ClFN4O4. The Labute approximate surface area is 195 Å². The van der Waals surface area contributed by atoms with Crippen LogP contribution in [-0.2, 0) is 4.79 Å². The van der Waals surface area contributed by atoms with E-state index in [0.29, 0.717) is 59.2 Å². The van der Waals surface area contributed by atoms with Crippen LogP contribution in [0.1, 0.15) is 19.8 Å². The number of hydrogen-bond donors (Lipinski definition) is 2. The summed E-state index contributed by atoms with van der Waals surface area (Å²) in [6.45, 7) is 2.48. The number of methoxy groups -OCH3 is 1. The van der Waals surface area contributed by atoms with Gasteiger partial charge in [-0.3, -0.25) is 4.79 Å². The summed E-state index contributed by atoms with van der Waals surface area (Å²) in [5.74, 6) is 0.664. The molecule has 0 radical (unpaired) electrons. The number of hydrogen-bond acceptors (Lipinski definition) is 7. The minimum absolute atomic E-state index is 0.116. The van der Waals surface area contributed by atoms with Crippen molar-refractivity contribution in [3.63, 3.8) is 0 Å². The number of piperidine rings is 1. The van der Waals surface area contributed by atoms with Crippen molar-refractivity contribution in [2.24, 2.45) is 0 Å². The van der Waals surface area contributed by atoms with Crippen LogP contribution in [-0.4, -0.2) is 58.3 Å². The van der Waals surface area contributed by atoms with Crippen LogP contribution in [0.2, 0.25) is 5.02 Å². The largest absolute Gasteiger partial charge is 0.493 e. The molecular weight excluding hydrogens is 451 g/mol. The van der Waals surface area contributed by atoms with E-state index >= 15 is 0 Å². The van der Waals surface area contributed by atoms with Crippen molar-refractivity contribution in [1.29, 1.82) is 0 Å². The number of likely N-dealkylation sites (tertiary alicyclic amines) is 1. The smallest absolute Gasteiger partial charge is 0.251 e. The van der Waals surface area contributed by atoms with Gasteiger partial charge >= 0.3 is 0 Å². The molecule has 0 unspecified atom stereocenters. The van der Waals surface area contributed by atoms with E-state index in [9.17, 15) is 14.3 Å². The molecule has 3 aromatic rings. The zero-order valence-corrected chi connectivity index (χ0v) is 19.0. The molecule has 33 heavy (non-hydrogen) atoms. The normalized spacial score (nSPS) is 15.4. The predicted octanol–water partition coefficient (Wildman–Crippen LogP) is 3.93. The third kappa shape index (κ3) is 5.09. The fourth-order valence-corrected chi connectivity index (χ4v) is 3.95. The summed E-state index contributed by atoms with van der Waals surface area (Å²) in [5, 5.41) is 13.5. The van der Waals surface area contributed by atoms with Gasteiger partial charge in [-0.15, -0.1) is 0 Å². The van der Waals surface area contributed by atoms with Crippen LogP contribution < -0.4 is 14.8 Å². The van der Waals surface area contributed by atoms with Crippen molar-refractivity contribution < 1.29 is 23.8 Å². The van der Waals surface area contributed by atoms with E-state index in [1.165, 1.54) is 38.6 Å². The van der Waals surface area contributed by atoms with Gasteiger partial charge in [-0.1, -0.05) is 11.6 Å². The molecule has 0 aliphatic carbocycles. The van der Waals surface area contributed by atoms with Crippen molar-refractivity contribution in [3.8, 4) is 11.5 Å². The molecule has 2 N–H and O–H groups in total. The van der Waals surface area contributed by atoms with Crippen LogP contribution in [0.5, 0.6) is 11.5 Å². The lowest BCUT2D eigenvalue weighted by Gasteiger charge is -2.33. The summed E-state index contributed by atoms with van der Waals surface area (Å²) in [6.07, 6.45) is 1.51. The average molecular weight is 475 g/mol. The highest BCUT2D eigenvalue weighted by Crippen LogP contribution is 2.36. The molecule has 1 fully saturated rings. The maximum atomic E-state index is 14.2. The first-order valence-corrected chi connectivity index (χ1v) is 10.9. The van der Waals surface area contributed by atoms with Gasteiger partial charge in [-0.05, 0) is 31.2 Å². The van der Waals surface area contributed by atoms with E-state index in [1.54, 1.807) is 17.0 Å². The first-order chi connectivity index (χ1) is 15.9. The lowest BCUT2D eigenvalue weighted by atomic mass is 10.1. The Hall–Kier alpha value is -3.17. The Morgan fingerprint density at radius 3 is 2.70 bits per heavy atom. The minimum Gasteiger partial charge on any atom is -0.493 e. The number of amides is 1. The Kier molecular flexibility index (Phi) is 6.80. The highest BCUT2D eigenvalue weighted by molar-refractivity contribution is 6.30. The van der Waals surface area contributed by atoms with Crippen LogP contribution >= 0.6 is 11.6 Å². The van der Waals surface area contributed by atoms with Gasteiger partial charge in [0.15, 0.2) is 11.5 Å². The molecule has 1 aromatic heterocycles. The maximum absolute atomic E-state index is 14.2. The van der Waals surface area contributed by atoms with Crippen molar-refractivity contribution in [1.82, 2.24) is 14.9 Å². The van der Waals surface area contributed by atoms with Gasteiger partial charge in [-0.25, -0.2) is 14.4 Å². The number of aliphatic hydroxyl groups excluding tert-OH is 1. The van der Waals surface area contributed by atoms with E-state index in [-0.39, 0.29) is 17.7 Å². The lowest BCUT2D eigenvalue weighted by molar-refractivity contribution is -0.141. The molecule has 1 atom stereocenters. The Morgan fingerprint density at radius 2 is 2.00 bits per heavy atom. The van der Waals surface area contributed by atoms with E-state index < -0.39 is 11.9 Å². The van der Waals surface area contributed by atoms with Gasteiger partial charge in [0.25, 0.3) is 5.91 Å². The molecule has 4 rings (SSSR count). The van der Waals surface area contributed by atoms with Crippen molar-refractivity contribution in [3.05, 3.63) is 47.5 Å². The number of anilines is 2. The Morgan fingerprint density at radius 1 is 1.24 bits per heavy atom. The Balaban J connectivity index is 1.56. The summed E-state index contributed by atoms with van der Waals surface area (Å²) in [7, 11) is 1.53. The summed E-state index contributed by atoms with van der Waals surface area (Å²) < 4.78 is 25.9. The summed E-state index contributed by atoms with van der Waals surface area (Å²) >= 11 is 5.99. The molecule has 0 bridgehead atoms. The third-order valence-electron chi connectivity index (χ3n) is 5.51. The van der Waals surface area contributed by atoms with Gasteiger partial charge < -0.3 is 24.8 Å². The SMILES string of the molecule is COc1cc2c(Nc3cc(Cl)ccc3F)ncnc2cc1OC1CCN(C(=O)[C@@H](C)O)CC1. The van der Waals surface area contributed by atoms with Gasteiger partial charge in [-0.2, -0.15) is 0 Å². The number of carbonyl (C=O) groups is 1. The van der Waals surface area contributed by atoms with E-state index in [0.717, 1.165) is 0 Å². The number of carbonyl (C=O) groups excluding carboxylic acids is 1. The quantitative estimate of drug-likeness (QED) is 0.558. The van der Waals surface area contributed by atoms with Crippen LogP contribution in [0.25, 0.3) is 10.9 Å². The fraction of sp³-hybridized carbons (Fsp3) is 0.348. The number of nitrogens with one attached hydrogen (secondary N) is 1. The molecule has 10 heteroatoms. The van der Waals surface area contributed by atoms with Gasteiger partial charge in [0, 0.05) is 42.4 Å². The van der Waals surface area contributed by atoms with E-state index in [4.69, 9.17) is 21.1 Å². The lowest BCUT2D eigenvalue weighted by Crippen LogP contribution is -2.45. The van der Waals surface area contributed by atoms with Crippen molar-refractivity contribution in [2.75, 3.05) is 25.5 Å². The minimum atomic E-state index is -1.01. The summed E-state index contributed by atoms with van der Waals surface area (Å²) in [5.41, 5.74) is 0.785. The number of ether oxygens (including phenoxy) is 2. The molecule has 0 spiro atoms. The molecule has 174 valence electrons. The highest BCUT2D eigenvalue weighted by Gasteiger charge is 2.27. The van der Waals surface area contributed by atoms with Crippen molar-refractivity contribution in [2.45, 2.75) is 32.0 Å². The standard InChI is InChI=1S/C23H24ClFN4O4/c1-13(30)23(31)29-7-5-15(6-8-29)33-21-11-18-16(10-20(21)32-2)22(27-12-26-18)28-19-9-14(24)3-4-17(19)25/h3-4,9-13,15,30H,5-8H2,1-2H3,(H,26,27,28)/t13-/m1/s1. The fourth-order valence-electron chi connectivity index (χ4n) is 3.77. The number of halogens is 2. The van der Waals surface area contributed by atoms with Gasteiger partial charge in [0.05, 0.1) is 18.3 Å². The molecule has 1 aliphatic heterocycles. The second-order valence-corrected chi connectivity index (χ2v) is 8.25. The molecule has 8 nitrogen and oxygen atoms in total. The number of aromatic nitrogens is 2. The summed E-state index contributed by atoms with van der Waals surface area (Å²) in [4.78, 5) is 22.2. The molecule has 1 amide bonds. The molecule has 1 saturated heterocycles. The Bertz CT molecular complexity index is 1170. The van der Waals surface area contributed by atoms with Gasteiger partial charge in [0.1, 0.15) is 30.2 Å².